The van der Waals surface area contributed by atoms with Gasteiger partial charge in [0.25, 0.3) is 0 Å². The second-order valence-corrected chi connectivity index (χ2v) is 8.08. The van der Waals surface area contributed by atoms with Gasteiger partial charge in [0.1, 0.15) is 5.82 Å². The second kappa shape index (κ2) is 10.4. The number of fused-ring (bicyclic) bond motifs is 1. The highest BCUT2D eigenvalue weighted by Gasteiger charge is 2.14. The fourth-order valence-electron chi connectivity index (χ4n) is 3.77. The van der Waals surface area contributed by atoms with Crippen molar-refractivity contribution >= 4 is 28.3 Å². The summed E-state index contributed by atoms with van der Waals surface area (Å²) in [5.74, 6) is 7.11. The molecule has 0 atom stereocenters. The van der Waals surface area contributed by atoms with Crippen molar-refractivity contribution in [3.63, 3.8) is 0 Å². The molecule has 0 aliphatic heterocycles. The van der Waals surface area contributed by atoms with E-state index < -0.39 is 0 Å². The topological polar surface area (TPSA) is 53.1 Å². The van der Waals surface area contributed by atoms with Gasteiger partial charge in [0, 0.05) is 41.7 Å². The largest absolute Gasteiger partial charge is 0.385 e. The number of ether oxygens (including phenoxy) is 1. The summed E-state index contributed by atoms with van der Waals surface area (Å²) in [7, 11) is 1.73. The van der Waals surface area contributed by atoms with Crippen molar-refractivity contribution in [1.29, 1.82) is 0 Å². The first-order valence-electron chi connectivity index (χ1n) is 10.7. The van der Waals surface area contributed by atoms with Crippen LogP contribution in [0.1, 0.15) is 30.5 Å². The summed E-state index contributed by atoms with van der Waals surface area (Å²) in [6.45, 7) is 1.37. The number of unbranched alkanes of at least 4 members (excludes halogenated alkanes) is 2. The van der Waals surface area contributed by atoms with Crippen LogP contribution in [0.4, 0.5) is 5.82 Å². The molecule has 0 amide bonds. The number of methoxy groups -OCH3 is 1. The van der Waals surface area contributed by atoms with Gasteiger partial charge in [-0.2, -0.15) is 0 Å². The summed E-state index contributed by atoms with van der Waals surface area (Å²) in [6.07, 6.45) is 2.93. The van der Waals surface area contributed by atoms with E-state index in [0.29, 0.717) is 17.4 Å². The molecule has 5 heteroatoms. The second-order valence-electron chi connectivity index (χ2n) is 7.67. The molecule has 0 saturated carbocycles. The Morgan fingerprint density at radius 3 is 2.72 bits per heavy atom. The SMILES string of the molecule is COCCCCC#Cc1ccc2cc(-c3ccccc3Cl)n(Cc3cccc(N)n3)c2c1. The van der Waals surface area contributed by atoms with Crippen LogP contribution in [0.2, 0.25) is 5.02 Å². The number of halogens is 1. The zero-order valence-electron chi connectivity index (χ0n) is 18.1. The number of nitrogens with two attached hydrogens (primary N) is 1. The Labute approximate surface area is 194 Å². The number of pyridine rings is 1. The monoisotopic (exact) mass is 443 g/mol. The maximum Gasteiger partial charge on any atom is 0.123 e. The third kappa shape index (κ3) is 5.13. The lowest BCUT2D eigenvalue weighted by Gasteiger charge is -2.12. The van der Waals surface area contributed by atoms with Gasteiger partial charge in [0.05, 0.1) is 23.4 Å². The maximum atomic E-state index is 6.56. The minimum absolute atomic E-state index is 0.512. The van der Waals surface area contributed by atoms with E-state index in [1.807, 2.05) is 36.4 Å². The van der Waals surface area contributed by atoms with Crippen LogP contribution < -0.4 is 5.73 Å². The first-order chi connectivity index (χ1) is 15.7. The van der Waals surface area contributed by atoms with Gasteiger partial charge >= 0.3 is 0 Å². The Balaban J connectivity index is 1.74. The average molecular weight is 444 g/mol. The smallest absolute Gasteiger partial charge is 0.123 e. The molecule has 0 aliphatic rings. The summed E-state index contributed by atoms with van der Waals surface area (Å²) in [4.78, 5) is 4.51. The van der Waals surface area contributed by atoms with Crippen molar-refractivity contribution < 1.29 is 4.74 Å². The molecular formula is C27H26ClN3O. The van der Waals surface area contributed by atoms with Crippen LogP contribution in [0, 0.1) is 11.8 Å². The van der Waals surface area contributed by atoms with E-state index in [-0.39, 0.29) is 0 Å². The molecule has 0 unspecified atom stereocenters. The summed E-state index contributed by atoms with van der Waals surface area (Å²) in [6, 6.07) is 22.1. The molecule has 2 aromatic heterocycles. The number of hydrogen-bond acceptors (Lipinski definition) is 3. The minimum atomic E-state index is 0.512. The molecular weight excluding hydrogens is 418 g/mol. The Kier molecular flexibility index (Phi) is 7.11. The highest BCUT2D eigenvalue weighted by Crippen LogP contribution is 2.33. The van der Waals surface area contributed by atoms with Crippen LogP contribution in [-0.2, 0) is 11.3 Å². The summed E-state index contributed by atoms with van der Waals surface area (Å²) < 4.78 is 7.34. The summed E-state index contributed by atoms with van der Waals surface area (Å²) >= 11 is 6.56. The van der Waals surface area contributed by atoms with Crippen molar-refractivity contribution in [2.75, 3.05) is 19.5 Å². The number of anilines is 1. The molecule has 4 nitrogen and oxygen atoms in total. The van der Waals surface area contributed by atoms with Crippen LogP contribution in [0.25, 0.3) is 22.2 Å². The summed E-state index contributed by atoms with van der Waals surface area (Å²) in [5, 5.41) is 1.85. The van der Waals surface area contributed by atoms with E-state index in [9.17, 15) is 0 Å². The standard InChI is InChI=1S/C27H26ClN3O/c1-32-16-7-3-2-4-9-20-14-15-21-18-26(23-11-5-6-12-24(23)28)31(25(21)17-20)19-22-10-8-13-27(29)30-22/h5-6,8,10-15,17-18H,2-3,7,16,19H2,1H3,(H2,29,30). The third-order valence-corrected chi connectivity index (χ3v) is 5.67. The number of aromatic nitrogens is 2. The lowest BCUT2D eigenvalue weighted by Crippen LogP contribution is -2.05. The number of nitrogen functional groups attached to an aromatic ring is 1. The van der Waals surface area contributed by atoms with E-state index in [1.165, 1.54) is 0 Å². The highest BCUT2D eigenvalue weighted by molar-refractivity contribution is 6.33. The van der Waals surface area contributed by atoms with Gasteiger partial charge in [-0.15, -0.1) is 0 Å². The Morgan fingerprint density at radius 2 is 1.91 bits per heavy atom. The molecule has 0 saturated heterocycles. The number of benzene rings is 2. The Hall–Kier alpha value is -3.26. The van der Waals surface area contributed by atoms with Gasteiger partial charge in [-0.05, 0) is 49.2 Å². The van der Waals surface area contributed by atoms with Crippen LogP contribution in [0.3, 0.4) is 0 Å². The van der Waals surface area contributed by atoms with Crippen molar-refractivity contribution in [3.8, 4) is 23.1 Å². The zero-order chi connectivity index (χ0) is 22.3. The summed E-state index contributed by atoms with van der Waals surface area (Å²) in [5.41, 5.74) is 10.9. The fourth-order valence-corrected chi connectivity index (χ4v) is 4.00. The molecule has 2 aromatic carbocycles. The van der Waals surface area contributed by atoms with E-state index in [2.05, 4.69) is 45.7 Å². The Bertz CT molecular complexity index is 1280. The molecule has 4 rings (SSSR count). The fraction of sp³-hybridized carbons (Fsp3) is 0.222. The molecule has 0 fully saturated rings. The first kappa shape index (κ1) is 22.0. The normalized spacial score (nSPS) is 10.8. The van der Waals surface area contributed by atoms with E-state index in [4.69, 9.17) is 22.1 Å². The lowest BCUT2D eigenvalue weighted by molar-refractivity contribution is 0.193. The number of hydrogen-bond donors (Lipinski definition) is 1. The first-order valence-corrected chi connectivity index (χ1v) is 11.1. The van der Waals surface area contributed by atoms with Gasteiger partial charge in [-0.1, -0.05) is 53.8 Å². The number of rotatable bonds is 7. The third-order valence-electron chi connectivity index (χ3n) is 5.34. The van der Waals surface area contributed by atoms with E-state index in [0.717, 1.165) is 59.3 Å². The molecule has 2 N–H and O–H groups in total. The molecule has 0 bridgehead atoms. The highest BCUT2D eigenvalue weighted by atomic mass is 35.5. The Morgan fingerprint density at radius 1 is 1.03 bits per heavy atom. The molecule has 162 valence electrons. The molecule has 32 heavy (non-hydrogen) atoms. The number of nitrogens with zero attached hydrogens (tertiary/aromatic N) is 2. The van der Waals surface area contributed by atoms with Crippen LogP contribution in [-0.4, -0.2) is 23.3 Å². The molecule has 4 aromatic rings. The zero-order valence-corrected chi connectivity index (χ0v) is 18.9. The quantitative estimate of drug-likeness (QED) is 0.275. The lowest BCUT2D eigenvalue weighted by atomic mass is 10.1. The van der Waals surface area contributed by atoms with Gasteiger partial charge in [0.2, 0.25) is 0 Å². The predicted octanol–water partition coefficient (Wildman–Crippen LogP) is 6.16. The van der Waals surface area contributed by atoms with Gasteiger partial charge < -0.3 is 15.0 Å². The van der Waals surface area contributed by atoms with E-state index >= 15 is 0 Å². The van der Waals surface area contributed by atoms with Gasteiger partial charge in [0.15, 0.2) is 0 Å². The van der Waals surface area contributed by atoms with Crippen LogP contribution >= 0.6 is 11.6 Å². The minimum Gasteiger partial charge on any atom is -0.385 e. The van der Waals surface area contributed by atoms with Gasteiger partial charge in [-0.3, -0.25) is 0 Å². The van der Waals surface area contributed by atoms with E-state index in [1.54, 1.807) is 13.2 Å². The van der Waals surface area contributed by atoms with Crippen LogP contribution in [0.5, 0.6) is 0 Å². The molecule has 0 aliphatic carbocycles. The van der Waals surface area contributed by atoms with Crippen LogP contribution in [0.15, 0.2) is 66.7 Å². The molecule has 0 radical (unpaired) electrons. The van der Waals surface area contributed by atoms with Crippen molar-refractivity contribution in [2.45, 2.75) is 25.8 Å². The van der Waals surface area contributed by atoms with Crippen molar-refractivity contribution in [3.05, 3.63) is 83.0 Å². The van der Waals surface area contributed by atoms with Crippen molar-refractivity contribution in [2.24, 2.45) is 0 Å². The van der Waals surface area contributed by atoms with Crippen molar-refractivity contribution in [1.82, 2.24) is 9.55 Å². The average Bonchev–Trinajstić information content (AvgIpc) is 3.14. The van der Waals surface area contributed by atoms with Gasteiger partial charge in [-0.25, -0.2) is 4.98 Å². The molecule has 0 spiro atoms. The molecule has 2 heterocycles. The predicted molar refractivity (Wildman–Crippen MR) is 133 cm³/mol. The maximum absolute atomic E-state index is 6.56.